The third-order valence-corrected chi connectivity index (χ3v) is 6.47. The molecule has 0 saturated heterocycles. The van der Waals surface area contributed by atoms with Gasteiger partial charge in [-0.1, -0.05) is 54.6 Å². The number of fused-ring (bicyclic) bond motifs is 1. The quantitative estimate of drug-likeness (QED) is 0.655. The van der Waals surface area contributed by atoms with Gasteiger partial charge in [0.05, 0.1) is 9.81 Å². The van der Waals surface area contributed by atoms with Gasteiger partial charge in [-0.05, 0) is 18.1 Å². The van der Waals surface area contributed by atoms with Crippen LogP contribution in [0.15, 0.2) is 64.4 Å². The topological polar surface area (TPSA) is 54.4 Å². The smallest absolute Gasteiger partial charge is 0.204 e. The van der Waals surface area contributed by atoms with E-state index in [0.717, 1.165) is 5.56 Å². The molecule has 0 aromatic heterocycles. The van der Waals surface area contributed by atoms with Crippen LogP contribution in [0.3, 0.4) is 0 Å². The van der Waals surface area contributed by atoms with Crippen molar-refractivity contribution in [1.82, 2.24) is 0 Å². The molecular weight excluding hydrogens is 352 g/mol. The molecule has 1 aliphatic rings. The summed E-state index contributed by atoms with van der Waals surface area (Å²) in [7, 11) is 0. The number of rotatable bonds is 4. The first-order valence-electron chi connectivity index (χ1n) is 7.80. The van der Waals surface area contributed by atoms with Gasteiger partial charge in [-0.3, -0.25) is 9.59 Å². The summed E-state index contributed by atoms with van der Waals surface area (Å²) in [6.45, 7) is 0. The van der Waals surface area contributed by atoms with E-state index >= 15 is 0 Å². The van der Waals surface area contributed by atoms with Crippen LogP contribution in [-0.4, -0.2) is 29.2 Å². The number of carbonyl (C=O) groups excluding carboxylic acids is 2. The Balaban J connectivity index is 2.23. The van der Waals surface area contributed by atoms with E-state index in [1.807, 2.05) is 42.8 Å². The molecule has 0 radical (unpaired) electrons. The summed E-state index contributed by atoms with van der Waals surface area (Å²) in [5.41, 5.74) is -0.0122. The summed E-state index contributed by atoms with van der Waals surface area (Å²) < 4.78 is 0.635. The number of Topliss-reactive ketones (excluding diaryl/α,β-unsaturated/α-hetero) is 2. The highest BCUT2D eigenvalue weighted by molar-refractivity contribution is 8.21. The number of hydrogen-bond donors (Lipinski definition) is 1. The number of hydrogen-bond acceptors (Lipinski definition) is 5. The minimum atomic E-state index is -1.74. The number of ketones is 2. The van der Waals surface area contributed by atoms with E-state index in [4.69, 9.17) is 0 Å². The highest BCUT2D eigenvalue weighted by Crippen LogP contribution is 2.42. The molecule has 1 N–H and O–H groups in total. The maximum atomic E-state index is 13.2. The molecule has 2 aromatic rings. The Labute approximate surface area is 155 Å². The van der Waals surface area contributed by atoms with Crippen LogP contribution >= 0.6 is 23.5 Å². The Kier molecular flexibility index (Phi) is 5.18. The minimum absolute atomic E-state index is 0.0946. The summed E-state index contributed by atoms with van der Waals surface area (Å²) in [5, 5.41) is 11.4. The maximum absolute atomic E-state index is 13.2. The molecule has 0 aliphatic heterocycles. The normalized spacial score (nSPS) is 19.7. The van der Waals surface area contributed by atoms with Crippen LogP contribution in [-0.2, 0) is 16.8 Å². The predicted octanol–water partition coefficient (Wildman–Crippen LogP) is 3.82. The highest BCUT2D eigenvalue weighted by Gasteiger charge is 2.49. The second-order valence-corrected chi connectivity index (χ2v) is 7.69. The molecule has 1 aliphatic carbocycles. The Morgan fingerprint density at radius 2 is 1.56 bits per heavy atom. The van der Waals surface area contributed by atoms with Gasteiger partial charge in [-0.15, -0.1) is 23.5 Å². The summed E-state index contributed by atoms with van der Waals surface area (Å²) in [6.07, 6.45) is 3.79. The first-order valence-corrected chi connectivity index (χ1v) is 10.3. The average Bonchev–Trinajstić information content (AvgIpc) is 2.64. The minimum Gasteiger partial charge on any atom is -0.377 e. The standard InChI is InChI=1S/C20H18O3S2/c1-24-19(25-2)16-17(21)14-10-6-7-11-15(14)20(23,18(16)22)12-13-8-4-3-5-9-13/h3-11,23H,12H2,1-2H3. The fourth-order valence-electron chi connectivity index (χ4n) is 3.15. The average molecular weight is 370 g/mol. The van der Waals surface area contributed by atoms with Gasteiger partial charge >= 0.3 is 0 Å². The molecule has 128 valence electrons. The first-order chi connectivity index (χ1) is 12.0. The van der Waals surface area contributed by atoms with Crippen LogP contribution in [0.1, 0.15) is 21.5 Å². The molecule has 0 bridgehead atoms. The molecule has 1 unspecified atom stereocenters. The van der Waals surface area contributed by atoms with Crippen LogP contribution in [0.4, 0.5) is 0 Å². The van der Waals surface area contributed by atoms with Gasteiger partial charge in [-0.25, -0.2) is 0 Å². The fraction of sp³-hybridized carbons (Fsp3) is 0.200. The van der Waals surface area contributed by atoms with Gasteiger partial charge in [0.1, 0.15) is 0 Å². The third kappa shape index (κ3) is 3.08. The maximum Gasteiger partial charge on any atom is 0.204 e. The van der Waals surface area contributed by atoms with E-state index in [1.54, 1.807) is 24.3 Å². The van der Waals surface area contributed by atoms with Crippen molar-refractivity contribution in [3.8, 4) is 0 Å². The largest absolute Gasteiger partial charge is 0.377 e. The van der Waals surface area contributed by atoms with Crippen molar-refractivity contribution in [2.45, 2.75) is 12.0 Å². The molecule has 3 rings (SSSR count). The zero-order valence-corrected chi connectivity index (χ0v) is 15.6. The van der Waals surface area contributed by atoms with Gasteiger partial charge < -0.3 is 5.11 Å². The van der Waals surface area contributed by atoms with E-state index in [-0.39, 0.29) is 17.8 Å². The molecule has 25 heavy (non-hydrogen) atoms. The Morgan fingerprint density at radius 3 is 2.20 bits per heavy atom. The van der Waals surface area contributed by atoms with Crippen LogP contribution in [0.2, 0.25) is 0 Å². The zero-order chi connectivity index (χ0) is 18.0. The van der Waals surface area contributed by atoms with Gasteiger partial charge in [0, 0.05) is 17.5 Å². The lowest BCUT2D eigenvalue weighted by Gasteiger charge is -2.34. The molecule has 0 saturated carbocycles. The molecular formula is C20H18O3S2. The van der Waals surface area contributed by atoms with Crippen molar-refractivity contribution in [3.05, 3.63) is 81.1 Å². The Bertz CT molecular complexity index is 852. The lowest BCUT2D eigenvalue weighted by molar-refractivity contribution is -0.134. The second kappa shape index (κ2) is 7.20. The van der Waals surface area contributed by atoms with Crippen molar-refractivity contribution < 1.29 is 14.7 Å². The number of thioether (sulfide) groups is 2. The van der Waals surface area contributed by atoms with Gasteiger partial charge in [0.15, 0.2) is 11.4 Å². The molecule has 2 aromatic carbocycles. The number of carbonyl (C=O) groups is 2. The van der Waals surface area contributed by atoms with Crippen LogP contribution < -0.4 is 0 Å². The number of aliphatic hydroxyl groups is 1. The molecule has 0 fully saturated rings. The van der Waals surface area contributed by atoms with Crippen molar-refractivity contribution in [3.63, 3.8) is 0 Å². The van der Waals surface area contributed by atoms with Crippen molar-refractivity contribution >= 4 is 35.1 Å². The fourth-order valence-corrected chi connectivity index (χ4v) is 4.59. The van der Waals surface area contributed by atoms with Crippen LogP contribution in [0.5, 0.6) is 0 Å². The molecule has 0 spiro atoms. The van der Waals surface area contributed by atoms with E-state index in [1.165, 1.54) is 23.5 Å². The summed E-state index contributed by atoms with van der Waals surface area (Å²) in [4.78, 5) is 26.1. The lowest BCUT2D eigenvalue weighted by atomic mass is 9.72. The van der Waals surface area contributed by atoms with Crippen molar-refractivity contribution in [1.29, 1.82) is 0 Å². The van der Waals surface area contributed by atoms with Crippen LogP contribution in [0.25, 0.3) is 0 Å². The van der Waals surface area contributed by atoms with Crippen molar-refractivity contribution in [2.75, 3.05) is 12.5 Å². The van der Waals surface area contributed by atoms with E-state index in [2.05, 4.69) is 0 Å². The third-order valence-electron chi connectivity index (χ3n) is 4.32. The molecule has 3 nitrogen and oxygen atoms in total. The van der Waals surface area contributed by atoms with Crippen molar-refractivity contribution in [2.24, 2.45) is 0 Å². The molecule has 0 amide bonds. The van der Waals surface area contributed by atoms with Crippen LogP contribution in [0, 0.1) is 0 Å². The summed E-state index contributed by atoms with van der Waals surface area (Å²) >= 11 is 2.71. The van der Waals surface area contributed by atoms with E-state index in [9.17, 15) is 14.7 Å². The Morgan fingerprint density at radius 1 is 0.960 bits per heavy atom. The molecule has 0 heterocycles. The Hall–Kier alpha value is -1.82. The molecule has 5 heteroatoms. The zero-order valence-electron chi connectivity index (χ0n) is 14.0. The van der Waals surface area contributed by atoms with Gasteiger partial charge in [0.2, 0.25) is 5.78 Å². The van der Waals surface area contributed by atoms with Gasteiger partial charge in [-0.2, -0.15) is 0 Å². The van der Waals surface area contributed by atoms with Gasteiger partial charge in [0.25, 0.3) is 0 Å². The first kappa shape index (κ1) is 18.0. The van der Waals surface area contributed by atoms with E-state index < -0.39 is 11.4 Å². The predicted molar refractivity (Wildman–Crippen MR) is 104 cm³/mol. The number of benzene rings is 2. The molecule has 1 atom stereocenters. The summed E-state index contributed by atoms with van der Waals surface area (Å²) in [5.74, 6) is -0.823. The van der Waals surface area contributed by atoms with E-state index in [0.29, 0.717) is 15.4 Å². The SMILES string of the molecule is CSC(SC)=C1C(=O)c2ccccc2C(O)(Cc2ccccc2)C1=O. The second-order valence-electron chi connectivity index (χ2n) is 5.80. The monoisotopic (exact) mass is 370 g/mol. The highest BCUT2D eigenvalue weighted by atomic mass is 32.2. The lowest BCUT2D eigenvalue weighted by Crippen LogP contribution is -2.45. The summed E-state index contributed by atoms with van der Waals surface area (Å²) in [6, 6.07) is 16.2.